The Balaban J connectivity index is 1.78. The van der Waals surface area contributed by atoms with Crippen LogP contribution in [0.15, 0.2) is 29.6 Å². The number of benzene rings is 1. The Hall–Kier alpha value is -3.21. The largest absolute Gasteiger partial charge is 0.367 e. The fraction of sp³-hybridized carbons (Fsp3) is 0.429. The number of anilines is 1. The number of carbonyl (C=O) groups is 1. The topological polar surface area (TPSA) is 128 Å². The Kier molecular flexibility index (Phi) is 7.29. The minimum absolute atomic E-state index is 0.0761. The summed E-state index contributed by atoms with van der Waals surface area (Å²) in [6.45, 7) is 10.5. The number of hydrogen-bond donors (Lipinski definition) is 2. The normalized spacial score (nSPS) is 11.3. The van der Waals surface area contributed by atoms with Gasteiger partial charge >= 0.3 is 0 Å². The standard InChI is InChI=1S/C21H27N7O3S/c1-12(2)24-18-16-11-23-27(19(16)26-21(25-18)32-13(3)4)10-9-22-20(29)15-7-6-8-17(14(15)5)28(30)31/h6-8,11-13H,9-10H2,1-5H3,(H,22,29)(H,24,25,26). The van der Waals surface area contributed by atoms with E-state index in [0.717, 1.165) is 11.2 Å². The molecule has 1 amide bonds. The number of rotatable bonds is 9. The summed E-state index contributed by atoms with van der Waals surface area (Å²) in [6.07, 6.45) is 1.72. The third-order valence-electron chi connectivity index (χ3n) is 4.60. The van der Waals surface area contributed by atoms with Gasteiger partial charge in [-0.1, -0.05) is 31.7 Å². The van der Waals surface area contributed by atoms with E-state index in [0.29, 0.717) is 34.7 Å². The molecule has 32 heavy (non-hydrogen) atoms. The molecule has 0 fully saturated rings. The van der Waals surface area contributed by atoms with Gasteiger partial charge in [0.25, 0.3) is 11.6 Å². The SMILES string of the molecule is Cc1c(C(=O)NCCn2ncc3c(NC(C)C)nc(SC(C)C)nc32)cccc1[N+](=O)[O-]. The highest BCUT2D eigenvalue weighted by atomic mass is 32.2. The maximum atomic E-state index is 12.6. The van der Waals surface area contributed by atoms with E-state index in [1.807, 2.05) is 13.8 Å². The van der Waals surface area contributed by atoms with Gasteiger partial charge in [0.1, 0.15) is 5.82 Å². The lowest BCUT2D eigenvalue weighted by Gasteiger charge is -2.13. The van der Waals surface area contributed by atoms with Crippen molar-refractivity contribution in [3.63, 3.8) is 0 Å². The molecule has 0 unspecified atom stereocenters. The summed E-state index contributed by atoms with van der Waals surface area (Å²) in [5.41, 5.74) is 1.23. The number of nitro groups is 1. The molecule has 0 aliphatic carbocycles. The van der Waals surface area contributed by atoms with Gasteiger partial charge < -0.3 is 10.6 Å². The van der Waals surface area contributed by atoms with Crippen molar-refractivity contribution in [2.75, 3.05) is 11.9 Å². The average Bonchev–Trinajstić information content (AvgIpc) is 3.10. The molecule has 10 nitrogen and oxygen atoms in total. The Morgan fingerprint density at radius 3 is 2.66 bits per heavy atom. The van der Waals surface area contributed by atoms with Crippen molar-refractivity contribution >= 4 is 40.2 Å². The van der Waals surface area contributed by atoms with E-state index < -0.39 is 4.92 Å². The lowest BCUT2D eigenvalue weighted by Crippen LogP contribution is -2.28. The summed E-state index contributed by atoms with van der Waals surface area (Å²) in [7, 11) is 0. The van der Waals surface area contributed by atoms with E-state index >= 15 is 0 Å². The van der Waals surface area contributed by atoms with Gasteiger partial charge in [0.15, 0.2) is 10.8 Å². The van der Waals surface area contributed by atoms with Crippen LogP contribution >= 0.6 is 11.8 Å². The van der Waals surface area contributed by atoms with Crippen LogP contribution in [0.5, 0.6) is 0 Å². The lowest BCUT2D eigenvalue weighted by atomic mass is 10.1. The molecule has 0 saturated heterocycles. The van der Waals surface area contributed by atoms with Crippen molar-refractivity contribution in [1.82, 2.24) is 25.1 Å². The number of carbonyl (C=O) groups excluding carboxylic acids is 1. The Bertz CT molecular complexity index is 1140. The minimum Gasteiger partial charge on any atom is -0.367 e. The molecule has 2 N–H and O–H groups in total. The monoisotopic (exact) mass is 457 g/mol. The first-order valence-corrected chi connectivity index (χ1v) is 11.2. The van der Waals surface area contributed by atoms with Gasteiger partial charge in [0, 0.05) is 35.0 Å². The second-order valence-corrected chi connectivity index (χ2v) is 9.43. The van der Waals surface area contributed by atoms with Gasteiger partial charge in [-0.25, -0.2) is 14.6 Å². The van der Waals surface area contributed by atoms with Crippen LogP contribution in [0.4, 0.5) is 11.5 Å². The highest BCUT2D eigenvalue weighted by Gasteiger charge is 2.18. The smallest absolute Gasteiger partial charge is 0.273 e. The second kappa shape index (κ2) is 9.94. The van der Waals surface area contributed by atoms with Crippen LogP contribution in [-0.4, -0.2) is 48.4 Å². The predicted molar refractivity (Wildman–Crippen MR) is 125 cm³/mol. The predicted octanol–water partition coefficient (Wildman–Crippen LogP) is 3.79. The highest BCUT2D eigenvalue weighted by molar-refractivity contribution is 7.99. The molecule has 170 valence electrons. The molecule has 0 saturated carbocycles. The number of amides is 1. The molecule has 3 rings (SSSR count). The van der Waals surface area contributed by atoms with Crippen molar-refractivity contribution in [1.29, 1.82) is 0 Å². The number of fused-ring (bicyclic) bond motifs is 1. The lowest BCUT2D eigenvalue weighted by molar-refractivity contribution is -0.385. The van der Waals surface area contributed by atoms with Gasteiger partial charge in [-0.3, -0.25) is 14.9 Å². The molecule has 0 bridgehead atoms. The minimum atomic E-state index is -0.489. The van der Waals surface area contributed by atoms with Crippen molar-refractivity contribution < 1.29 is 9.72 Å². The average molecular weight is 458 g/mol. The van der Waals surface area contributed by atoms with Crippen LogP contribution in [0.3, 0.4) is 0 Å². The van der Waals surface area contributed by atoms with Gasteiger partial charge in [-0.2, -0.15) is 5.10 Å². The second-order valence-electron chi connectivity index (χ2n) is 7.89. The quantitative estimate of drug-likeness (QED) is 0.215. The number of nitrogens with one attached hydrogen (secondary N) is 2. The molecule has 0 radical (unpaired) electrons. The zero-order chi connectivity index (χ0) is 23.4. The molecule has 2 heterocycles. The highest BCUT2D eigenvalue weighted by Crippen LogP contribution is 2.27. The fourth-order valence-electron chi connectivity index (χ4n) is 3.18. The summed E-state index contributed by atoms with van der Waals surface area (Å²) >= 11 is 1.57. The number of thioether (sulfide) groups is 1. The van der Waals surface area contributed by atoms with E-state index in [2.05, 4.69) is 39.5 Å². The third kappa shape index (κ3) is 5.34. The van der Waals surface area contributed by atoms with Crippen molar-refractivity contribution in [3.8, 4) is 0 Å². The number of nitrogens with zero attached hydrogens (tertiary/aromatic N) is 5. The summed E-state index contributed by atoms with van der Waals surface area (Å²) in [4.78, 5) is 32.5. The molecule has 2 aromatic heterocycles. The van der Waals surface area contributed by atoms with Crippen LogP contribution in [0.25, 0.3) is 11.0 Å². The van der Waals surface area contributed by atoms with Gasteiger partial charge in [-0.15, -0.1) is 0 Å². The number of hydrogen-bond acceptors (Lipinski definition) is 8. The van der Waals surface area contributed by atoms with Crippen molar-refractivity contribution in [2.45, 2.75) is 57.6 Å². The summed E-state index contributed by atoms with van der Waals surface area (Å²) < 4.78 is 1.73. The van der Waals surface area contributed by atoms with Crippen LogP contribution in [0.1, 0.15) is 43.6 Å². The Labute approximate surface area is 190 Å². The first kappa shape index (κ1) is 23.5. The molecule has 3 aromatic rings. The maximum absolute atomic E-state index is 12.6. The van der Waals surface area contributed by atoms with Gasteiger partial charge in [0.05, 0.1) is 23.1 Å². The Morgan fingerprint density at radius 2 is 2.00 bits per heavy atom. The molecule has 0 spiro atoms. The summed E-state index contributed by atoms with van der Waals surface area (Å²) in [6, 6.07) is 4.67. The first-order valence-electron chi connectivity index (χ1n) is 10.4. The molecular weight excluding hydrogens is 430 g/mol. The zero-order valence-electron chi connectivity index (χ0n) is 18.7. The van der Waals surface area contributed by atoms with Gasteiger partial charge in [0.2, 0.25) is 0 Å². The van der Waals surface area contributed by atoms with E-state index in [9.17, 15) is 14.9 Å². The molecule has 11 heteroatoms. The van der Waals surface area contributed by atoms with E-state index in [1.54, 1.807) is 35.6 Å². The first-order chi connectivity index (χ1) is 15.2. The van der Waals surface area contributed by atoms with E-state index in [4.69, 9.17) is 0 Å². The summed E-state index contributed by atoms with van der Waals surface area (Å²) in [5.74, 6) is 0.367. The van der Waals surface area contributed by atoms with E-state index in [1.165, 1.54) is 12.1 Å². The van der Waals surface area contributed by atoms with Crippen LogP contribution in [-0.2, 0) is 6.54 Å². The molecule has 0 aliphatic rings. The molecule has 1 aromatic carbocycles. The third-order valence-corrected chi connectivity index (χ3v) is 5.46. The van der Waals surface area contributed by atoms with Crippen LogP contribution < -0.4 is 10.6 Å². The molecular formula is C21H27N7O3S. The zero-order valence-corrected chi connectivity index (χ0v) is 19.6. The molecule has 0 atom stereocenters. The maximum Gasteiger partial charge on any atom is 0.273 e. The van der Waals surface area contributed by atoms with E-state index in [-0.39, 0.29) is 23.2 Å². The van der Waals surface area contributed by atoms with Crippen molar-refractivity contribution in [3.05, 3.63) is 45.6 Å². The van der Waals surface area contributed by atoms with Gasteiger partial charge in [-0.05, 0) is 26.8 Å². The Morgan fingerprint density at radius 1 is 1.25 bits per heavy atom. The molecule has 0 aliphatic heterocycles. The number of aromatic nitrogens is 4. The number of nitro benzene ring substituents is 1. The van der Waals surface area contributed by atoms with Crippen LogP contribution in [0.2, 0.25) is 0 Å². The summed E-state index contributed by atoms with van der Waals surface area (Å²) in [5, 5.41) is 23.5. The fourth-order valence-corrected chi connectivity index (χ4v) is 3.89. The van der Waals surface area contributed by atoms with Crippen LogP contribution in [0, 0.1) is 17.0 Å². The van der Waals surface area contributed by atoms with Crippen molar-refractivity contribution in [2.24, 2.45) is 0 Å².